The maximum atomic E-state index is 15.7. The summed E-state index contributed by atoms with van der Waals surface area (Å²) in [5, 5.41) is 21.3. The van der Waals surface area contributed by atoms with Gasteiger partial charge in [-0.25, -0.2) is 4.79 Å². The largest absolute Gasteiger partial charge is 0.477 e. The maximum absolute atomic E-state index is 15.7. The summed E-state index contributed by atoms with van der Waals surface area (Å²) in [6.45, 7) is -0.520. The minimum Gasteiger partial charge on any atom is -0.477 e. The molecule has 4 aromatic carbocycles. The fourth-order valence-electron chi connectivity index (χ4n) is 5.26. The Kier molecular flexibility index (Phi) is 11.2. The van der Waals surface area contributed by atoms with Crippen LogP contribution in [-0.2, 0) is 54.9 Å². The Bertz CT molecular complexity index is 1490. The Labute approximate surface area is 266 Å². The number of benzene rings is 4. The van der Waals surface area contributed by atoms with Gasteiger partial charge in [-0.15, -0.1) is 0 Å². The first-order valence-corrected chi connectivity index (χ1v) is 14.9. The number of ether oxygens (including phenoxy) is 5. The number of carboxylic acids is 1. The lowest BCUT2D eigenvalue weighted by Gasteiger charge is -2.51. The summed E-state index contributed by atoms with van der Waals surface area (Å²) < 4.78 is 61.5. The lowest BCUT2D eigenvalue weighted by Crippen LogP contribution is -2.74. The van der Waals surface area contributed by atoms with E-state index < -0.39 is 42.1 Å². The molecule has 10 heteroatoms. The first kappa shape index (κ1) is 33.3. The highest BCUT2D eigenvalue weighted by Gasteiger charge is 2.71. The van der Waals surface area contributed by atoms with Crippen molar-refractivity contribution in [3.05, 3.63) is 144 Å². The molecule has 1 fully saturated rings. The summed E-state index contributed by atoms with van der Waals surface area (Å²) in [6.07, 6.45) is -5.96. The summed E-state index contributed by atoms with van der Waals surface area (Å²) in [4.78, 5) is 12.0. The van der Waals surface area contributed by atoms with Crippen LogP contribution in [-0.4, -0.2) is 58.9 Å². The Morgan fingerprint density at radius 2 is 1.04 bits per heavy atom. The molecule has 1 heterocycles. The zero-order valence-electron chi connectivity index (χ0n) is 25.0. The van der Waals surface area contributed by atoms with Crippen molar-refractivity contribution < 1.29 is 47.5 Å². The summed E-state index contributed by atoms with van der Waals surface area (Å²) >= 11 is 0. The third-order valence-electron chi connectivity index (χ3n) is 7.66. The van der Waals surface area contributed by atoms with Crippen LogP contribution in [0, 0.1) is 0 Å². The molecule has 0 amide bonds. The van der Waals surface area contributed by atoms with E-state index in [1.165, 1.54) is 0 Å². The third-order valence-corrected chi connectivity index (χ3v) is 7.66. The van der Waals surface area contributed by atoms with E-state index in [0.717, 1.165) is 11.1 Å². The van der Waals surface area contributed by atoms with Gasteiger partial charge in [0.15, 0.2) is 0 Å². The Hall–Kier alpha value is -4.03. The topological polar surface area (TPSA) is 104 Å². The number of aliphatic carboxylic acids is 1. The standard InChI is InChI=1S/C36H36F2O8/c37-35(38,34(39)40)36(41)33(45-24-29-19-11-4-12-20-29)32(44-23-28-17-9-3-10-18-28)31(43-22-27-15-7-2-8-16-27)30(46-36)25-42-21-26-13-5-1-6-14-26/h1-20,30-33,41H,21-25H2,(H,39,40)/t30-,31+,32+,33-,36-/m1/s1. The molecule has 0 aliphatic carbocycles. The summed E-state index contributed by atoms with van der Waals surface area (Å²) in [6, 6.07) is 36.0. The molecule has 242 valence electrons. The quantitative estimate of drug-likeness (QED) is 0.170. The second kappa shape index (κ2) is 15.5. The van der Waals surface area contributed by atoms with E-state index in [9.17, 15) is 15.0 Å². The lowest BCUT2D eigenvalue weighted by molar-refractivity contribution is -0.417. The molecule has 46 heavy (non-hydrogen) atoms. The van der Waals surface area contributed by atoms with E-state index in [1.807, 2.05) is 66.7 Å². The van der Waals surface area contributed by atoms with Crippen molar-refractivity contribution in [1.82, 2.24) is 0 Å². The molecule has 5 rings (SSSR count). The van der Waals surface area contributed by atoms with Crippen LogP contribution in [0.1, 0.15) is 22.3 Å². The fourth-order valence-corrected chi connectivity index (χ4v) is 5.26. The Morgan fingerprint density at radius 1 is 0.652 bits per heavy atom. The van der Waals surface area contributed by atoms with Crippen LogP contribution in [0.2, 0.25) is 0 Å². The first-order valence-electron chi connectivity index (χ1n) is 14.9. The molecule has 1 aliphatic heterocycles. The van der Waals surface area contributed by atoms with Crippen molar-refractivity contribution in [2.75, 3.05) is 6.61 Å². The number of hydrogen-bond acceptors (Lipinski definition) is 7. The molecule has 1 saturated heterocycles. The molecule has 0 radical (unpaired) electrons. The number of aliphatic hydroxyl groups is 1. The van der Waals surface area contributed by atoms with E-state index in [-0.39, 0.29) is 33.0 Å². The fraction of sp³-hybridized carbons (Fsp3) is 0.306. The number of carbonyl (C=O) groups is 1. The van der Waals surface area contributed by atoms with Crippen LogP contribution >= 0.6 is 0 Å². The summed E-state index contributed by atoms with van der Waals surface area (Å²) in [5.74, 6) is -11.1. The molecule has 0 unspecified atom stereocenters. The van der Waals surface area contributed by atoms with E-state index in [4.69, 9.17) is 23.7 Å². The van der Waals surface area contributed by atoms with E-state index in [1.54, 1.807) is 54.6 Å². The van der Waals surface area contributed by atoms with Crippen LogP contribution in [0.25, 0.3) is 0 Å². The van der Waals surface area contributed by atoms with Crippen molar-refractivity contribution in [1.29, 1.82) is 0 Å². The second-order valence-electron chi connectivity index (χ2n) is 11.0. The molecule has 8 nitrogen and oxygen atoms in total. The first-order chi connectivity index (χ1) is 22.3. The van der Waals surface area contributed by atoms with E-state index in [2.05, 4.69) is 0 Å². The van der Waals surface area contributed by atoms with Crippen LogP contribution in [0.5, 0.6) is 0 Å². The average molecular weight is 635 g/mol. The molecule has 0 aromatic heterocycles. The van der Waals surface area contributed by atoms with E-state index in [0.29, 0.717) is 11.1 Å². The SMILES string of the molecule is O=C(O)C(F)(F)[C@]1(O)O[C@H](COCc2ccccc2)[C@H](OCc2ccccc2)[C@H](OCc2ccccc2)[C@H]1OCc1ccccc1. The van der Waals surface area contributed by atoms with Crippen molar-refractivity contribution in [2.24, 2.45) is 0 Å². The van der Waals surface area contributed by atoms with Crippen LogP contribution in [0.3, 0.4) is 0 Å². The zero-order chi connectivity index (χ0) is 32.4. The van der Waals surface area contributed by atoms with E-state index >= 15 is 8.78 Å². The van der Waals surface area contributed by atoms with Crippen molar-refractivity contribution in [3.63, 3.8) is 0 Å². The Morgan fingerprint density at radius 3 is 1.48 bits per heavy atom. The van der Waals surface area contributed by atoms with Crippen molar-refractivity contribution >= 4 is 5.97 Å². The smallest absolute Gasteiger partial charge is 0.397 e. The van der Waals surface area contributed by atoms with Gasteiger partial charge in [0, 0.05) is 0 Å². The van der Waals surface area contributed by atoms with Gasteiger partial charge >= 0.3 is 11.9 Å². The second-order valence-corrected chi connectivity index (χ2v) is 11.0. The Balaban J connectivity index is 1.52. The maximum Gasteiger partial charge on any atom is 0.397 e. The van der Waals surface area contributed by atoms with Gasteiger partial charge in [-0.3, -0.25) is 0 Å². The predicted molar refractivity (Wildman–Crippen MR) is 164 cm³/mol. The number of halogens is 2. The third kappa shape index (κ3) is 8.03. The number of carboxylic acid groups (broad SMARTS) is 1. The van der Waals surface area contributed by atoms with Crippen LogP contribution < -0.4 is 0 Å². The molecule has 0 spiro atoms. The zero-order valence-corrected chi connectivity index (χ0v) is 25.0. The van der Waals surface area contributed by atoms with Gasteiger partial charge in [0.1, 0.15) is 24.4 Å². The molecular formula is C36H36F2O8. The highest BCUT2D eigenvalue weighted by atomic mass is 19.3. The summed E-state index contributed by atoms with van der Waals surface area (Å²) in [7, 11) is 0. The van der Waals surface area contributed by atoms with Gasteiger partial charge < -0.3 is 33.9 Å². The molecule has 5 atom stereocenters. The molecule has 1 aliphatic rings. The predicted octanol–water partition coefficient (Wildman–Crippen LogP) is 5.77. The van der Waals surface area contributed by atoms with Gasteiger partial charge in [-0.2, -0.15) is 8.78 Å². The van der Waals surface area contributed by atoms with Gasteiger partial charge in [0.05, 0.1) is 33.0 Å². The molecule has 2 N–H and O–H groups in total. The molecule has 0 saturated carbocycles. The number of alkyl halides is 2. The monoisotopic (exact) mass is 634 g/mol. The highest BCUT2D eigenvalue weighted by Crippen LogP contribution is 2.44. The summed E-state index contributed by atoms with van der Waals surface area (Å²) in [5.41, 5.74) is 2.90. The number of hydrogen-bond donors (Lipinski definition) is 2. The molecule has 0 bridgehead atoms. The molecular weight excluding hydrogens is 598 g/mol. The van der Waals surface area contributed by atoms with Gasteiger partial charge in [0.25, 0.3) is 5.79 Å². The average Bonchev–Trinajstić information content (AvgIpc) is 3.08. The van der Waals surface area contributed by atoms with Gasteiger partial charge in [-0.1, -0.05) is 121 Å². The minimum absolute atomic E-state index is 0.0361. The van der Waals surface area contributed by atoms with Gasteiger partial charge in [0.2, 0.25) is 0 Å². The van der Waals surface area contributed by atoms with Gasteiger partial charge in [-0.05, 0) is 22.3 Å². The lowest BCUT2D eigenvalue weighted by atomic mass is 9.87. The van der Waals surface area contributed by atoms with Crippen LogP contribution in [0.4, 0.5) is 8.78 Å². The highest BCUT2D eigenvalue weighted by molar-refractivity contribution is 5.77. The van der Waals surface area contributed by atoms with Crippen LogP contribution in [0.15, 0.2) is 121 Å². The van der Waals surface area contributed by atoms with Crippen molar-refractivity contribution in [3.8, 4) is 0 Å². The number of rotatable bonds is 15. The molecule has 4 aromatic rings. The minimum atomic E-state index is -4.81. The normalized spacial score (nSPS) is 23.2. The van der Waals surface area contributed by atoms with Crippen molar-refractivity contribution in [2.45, 2.75) is 62.6 Å².